The largest absolute Gasteiger partial charge is 0.381 e. The summed E-state index contributed by atoms with van der Waals surface area (Å²) < 4.78 is 17.7. The zero-order valence-electron chi connectivity index (χ0n) is 19.8. The highest BCUT2D eigenvalue weighted by atomic mass is 16.5. The summed E-state index contributed by atoms with van der Waals surface area (Å²) in [6, 6.07) is 10.9. The van der Waals surface area contributed by atoms with Crippen molar-refractivity contribution in [3.05, 3.63) is 35.9 Å². The molecule has 1 aromatic rings. The molecular formula is C26H41N3O3. The summed E-state index contributed by atoms with van der Waals surface area (Å²) >= 11 is 0. The maximum absolute atomic E-state index is 6.21. The van der Waals surface area contributed by atoms with Crippen LogP contribution in [0, 0.1) is 0 Å². The van der Waals surface area contributed by atoms with E-state index in [0.717, 1.165) is 90.7 Å². The van der Waals surface area contributed by atoms with Crippen LogP contribution in [0.5, 0.6) is 0 Å². The van der Waals surface area contributed by atoms with Crippen LogP contribution in [-0.4, -0.2) is 75.7 Å². The Labute approximate surface area is 193 Å². The van der Waals surface area contributed by atoms with E-state index in [4.69, 9.17) is 19.2 Å². The second kappa shape index (κ2) is 12.0. The molecule has 32 heavy (non-hydrogen) atoms. The van der Waals surface area contributed by atoms with Gasteiger partial charge in [0.1, 0.15) is 0 Å². The molecule has 4 rings (SSSR count). The fourth-order valence-corrected chi connectivity index (χ4v) is 5.16. The van der Waals surface area contributed by atoms with Gasteiger partial charge in [-0.25, -0.2) is 0 Å². The van der Waals surface area contributed by atoms with Gasteiger partial charge in [-0.05, 0) is 57.4 Å². The molecule has 1 atom stereocenters. The summed E-state index contributed by atoms with van der Waals surface area (Å²) in [6.45, 7) is 9.09. The number of nitrogens with zero attached hydrogens (tertiary/aromatic N) is 2. The third kappa shape index (κ3) is 6.24. The molecule has 0 spiro atoms. The number of hydrogen-bond donors (Lipinski definition) is 1. The Balaban J connectivity index is 1.34. The summed E-state index contributed by atoms with van der Waals surface area (Å²) in [5.74, 6) is 1.04. The molecule has 3 aliphatic heterocycles. The standard InChI is InChI=1S/C26H41N3O3/c1-2-27-25(28-21-26(13-18-30-19-14-26)22-8-4-3-5-9-22)29-15-11-23(12-16-29)32-20-24-10-6-7-17-31-24/h3-5,8-9,23-24H,2,6-7,10-21H2,1H3,(H,27,28). The van der Waals surface area contributed by atoms with Crippen LogP contribution in [0.4, 0.5) is 0 Å². The molecule has 6 nitrogen and oxygen atoms in total. The average Bonchev–Trinajstić information content (AvgIpc) is 2.87. The van der Waals surface area contributed by atoms with Gasteiger partial charge in [-0.1, -0.05) is 30.3 Å². The Morgan fingerprint density at radius 3 is 2.56 bits per heavy atom. The van der Waals surface area contributed by atoms with Crippen molar-refractivity contribution in [3.8, 4) is 0 Å². The molecule has 1 unspecified atom stereocenters. The van der Waals surface area contributed by atoms with Crippen molar-refractivity contribution in [1.29, 1.82) is 0 Å². The Morgan fingerprint density at radius 2 is 1.88 bits per heavy atom. The van der Waals surface area contributed by atoms with Crippen molar-refractivity contribution < 1.29 is 14.2 Å². The summed E-state index contributed by atoms with van der Waals surface area (Å²) in [6.07, 6.45) is 8.40. The maximum atomic E-state index is 6.21. The molecular weight excluding hydrogens is 402 g/mol. The highest BCUT2D eigenvalue weighted by Crippen LogP contribution is 2.35. The normalized spacial score (nSPS) is 25.0. The minimum Gasteiger partial charge on any atom is -0.381 e. The van der Waals surface area contributed by atoms with Crippen LogP contribution in [0.15, 0.2) is 35.3 Å². The highest BCUT2D eigenvalue weighted by molar-refractivity contribution is 5.80. The number of rotatable bonds is 7. The summed E-state index contributed by atoms with van der Waals surface area (Å²) in [5.41, 5.74) is 1.46. The van der Waals surface area contributed by atoms with E-state index in [1.54, 1.807) is 0 Å². The zero-order valence-corrected chi connectivity index (χ0v) is 19.8. The van der Waals surface area contributed by atoms with Crippen molar-refractivity contribution in [3.63, 3.8) is 0 Å². The van der Waals surface area contributed by atoms with Crippen molar-refractivity contribution >= 4 is 5.96 Å². The van der Waals surface area contributed by atoms with Crippen molar-refractivity contribution in [2.45, 2.75) is 69.5 Å². The lowest BCUT2D eigenvalue weighted by Gasteiger charge is -2.38. The second-order valence-corrected chi connectivity index (χ2v) is 9.44. The Hall–Kier alpha value is -1.63. The van der Waals surface area contributed by atoms with E-state index < -0.39 is 0 Å². The lowest BCUT2D eigenvalue weighted by atomic mass is 9.74. The average molecular weight is 444 g/mol. The van der Waals surface area contributed by atoms with E-state index >= 15 is 0 Å². The van der Waals surface area contributed by atoms with Gasteiger partial charge in [-0.3, -0.25) is 4.99 Å². The molecule has 3 heterocycles. The number of nitrogens with one attached hydrogen (secondary N) is 1. The lowest BCUT2D eigenvalue weighted by molar-refractivity contribution is -0.0721. The number of guanidine groups is 1. The van der Waals surface area contributed by atoms with E-state index in [1.807, 2.05) is 0 Å². The Kier molecular flexibility index (Phi) is 8.83. The molecule has 0 amide bonds. The number of hydrogen-bond acceptors (Lipinski definition) is 4. The summed E-state index contributed by atoms with van der Waals surface area (Å²) in [7, 11) is 0. The summed E-state index contributed by atoms with van der Waals surface area (Å²) in [4.78, 5) is 7.58. The Morgan fingerprint density at radius 1 is 1.09 bits per heavy atom. The van der Waals surface area contributed by atoms with E-state index in [0.29, 0.717) is 12.2 Å². The van der Waals surface area contributed by atoms with E-state index in [-0.39, 0.29) is 5.41 Å². The van der Waals surface area contributed by atoms with E-state index in [2.05, 4.69) is 47.5 Å². The number of likely N-dealkylation sites (tertiary alicyclic amines) is 1. The molecule has 0 saturated carbocycles. The minimum atomic E-state index is 0.0710. The number of piperidine rings is 1. The third-order valence-corrected chi connectivity index (χ3v) is 7.24. The van der Waals surface area contributed by atoms with Gasteiger partial charge in [0, 0.05) is 44.9 Å². The molecule has 0 aromatic heterocycles. The number of benzene rings is 1. The lowest BCUT2D eigenvalue weighted by Crippen LogP contribution is -2.48. The molecule has 0 aliphatic carbocycles. The van der Waals surface area contributed by atoms with Gasteiger partial charge < -0.3 is 24.4 Å². The van der Waals surface area contributed by atoms with Crippen LogP contribution in [-0.2, 0) is 19.6 Å². The predicted molar refractivity (Wildman–Crippen MR) is 128 cm³/mol. The Bertz CT molecular complexity index is 692. The van der Waals surface area contributed by atoms with Crippen LogP contribution in [0.1, 0.15) is 57.4 Å². The van der Waals surface area contributed by atoms with E-state index in [1.165, 1.54) is 18.4 Å². The van der Waals surface area contributed by atoms with Crippen LogP contribution in [0.3, 0.4) is 0 Å². The fourth-order valence-electron chi connectivity index (χ4n) is 5.16. The molecule has 1 aromatic carbocycles. The minimum absolute atomic E-state index is 0.0710. The van der Waals surface area contributed by atoms with Crippen LogP contribution >= 0.6 is 0 Å². The highest BCUT2D eigenvalue weighted by Gasteiger charge is 2.35. The topological polar surface area (TPSA) is 55.3 Å². The first-order valence-electron chi connectivity index (χ1n) is 12.7. The van der Waals surface area contributed by atoms with Gasteiger partial charge in [0.25, 0.3) is 0 Å². The maximum Gasteiger partial charge on any atom is 0.193 e. The molecule has 3 aliphatic rings. The van der Waals surface area contributed by atoms with Crippen LogP contribution in [0.2, 0.25) is 0 Å². The van der Waals surface area contributed by atoms with Gasteiger partial charge in [0.2, 0.25) is 0 Å². The fraction of sp³-hybridized carbons (Fsp3) is 0.731. The smallest absolute Gasteiger partial charge is 0.193 e. The zero-order chi connectivity index (χ0) is 22.1. The molecule has 6 heteroatoms. The molecule has 1 N–H and O–H groups in total. The number of aliphatic imine (C=N–C) groups is 1. The molecule has 178 valence electrons. The second-order valence-electron chi connectivity index (χ2n) is 9.44. The molecule has 3 saturated heterocycles. The van der Waals surface area contributed by atoms with Gasteiger partial charge >= 0.3 is 0 Å². The van der Waals surface area contributed by atoms with Crippen molar-refractivity contribution in [2.24, 2.45) is 4.99 Å². The van der Waals surface area contributed by atoms with Crippen LogP contribution in [0.25, 0.3) is 0 Å². The quantitative estimate of drug-likeness (QED) is 0.514. The van der Waals surface area contributed by atoms with E-state index in [9.17, 15) is 0 Å². The summed E-state index contributed by atoms with van der Waals surface area (Å²) in [5, 5.41) is 3.54. The molecule has 0 bridgehead atoms. The SMILES string of the molecule is CCNC(=NCC1(c2ccccc2)CCOCC1)N1CCC(OCC2CCCCO2)CC1. The molecule has 0 radical (unpaired) electrons. The monoisotopic (exact) mass is 443 g/mol. The van der Waals surface area contributed by atoms with Gasteiger partial charge in [0.05, 0.1) is 25.4 Å². The predicted octanol–water partition coefficient (Wildman–Crippen LogP) is 3.75. The molecule has 3 fully saturated rings. The van der Waals surface area contributed by atoms with Gasteiger partial charge in [-0.15, -0.1) is 0 Å². The first kappa shape index (κ1) is 23.5. The first-order chi connectivity index (χ1) is 15.8. The number of ether oxygens (including phenoxy) is 3. The van der Waals surface area contributed by atoms with Crippen molar-refractivity contribution in [1.82, 2.24) is 10.2 Å². The first-order valence-corrected chi connectivity index (χ1v) is 12.7. The van der Waals surface area contributed by atoms with Gasteiger partial charge in [-0.2, -0.15) is 0 Å². The van der Waals surface area contributed by atoms with Gasteiger partial charge in [0.15, 0.2) is 5.96 Å². The third-order valence-electron chi connectivity index (χ3n) is 7.24. The van der Waals surface area contributed by atoms with Crippen LogP contribution < -0.4 is 5.32 Å². The van der Waals surface area contributed by atoms with Crippen molar-refractivity contribution in [2.75, 3.05) is 52.6 Å².